The Balaban J connectivity index is 2.01. The number of anilines is 2. The van der Waals surface area contributed by atoms with Gasteiger partial charge in [0.1, 0.15) is 5.82 Å². The van der Waals surface area contributed by atoms with Crippen LogP contribution in [0.3, 0.4) is 0 Å². The lowest BCUT2D eigenvalue weighted by atomic mass is 10.2. The molecule has 0 atom stereocenters. The number of carbonyl (C=O) groups is 2. The molecule has 0 aliphatic rings. The van der Waals surface area contributed by atoms with Crippen LogP contribution in [0.25, 0.3) is 0 Å². The van der Waals surface area contributed by atoms with Gasteiger partial charge in [-0.05, 0) is 36.8 Å². The average molecular weight is 405 g/mol. The number of benzene rings is 2. The first-order valence-electron chi connectivity index (χ1n) is 8.93. The van der Waals surface area contributed by atoms with Crippen molar-refractivity contribution in [1.82, 2.24) is 10.7 Å². The van der Waals surface area contributed by atoms with Crippen LogP contribution in [0.5, 0.6) is 0 Å². The van der Waals surface area contributed by atoms with E-state index in [0.29, 0.717) is 22.8 Å². The molecule has 0 fully saturated rings. The number of hydrogen-bond donors (Lipinski definition) is 3. The van der Waals surface area contributed by atoms with E-state index in [1.807, 2.05) is 6.92 Å². The highest BCUT2D eigenvalue weighted by atomic mass is 35.5. The Morgan fingerprint density at radius 2 is 1.89 bits per heavy atom. The maximum atomic E-state index is 13.9. The van der Waals surface area contributed by atoms with Crippen molar-refractivity contribution in [3.63, 3.8) is 0 Å². The second-order valence-electron chi connectivity index (χ2n) is 6.00. The predicted molar refractivity (Wildman–Crippen MR) is 109 cm³/mol. The summed E-state index contributed by atoms with van der Waals surface area (Å²) >= 11 is 6.01. The Morgan fingerprint density at radius 1 is 1.11 bits per heavy atom. The minimum absolute atomic E-state index is 0.287. The molecule has 2 amide bonds. The van der Waals surface area contributed by atoms with Gasteiger partial charge in [0, 0.05) is 22.8 Å². The molecule has 0 saturated carbocycles. The zero-order chi connectivity index (χ0) is 20.4. The third-order valence-electron chi connectivity index (χ3n) is 3.80. The van der Waals surface area contributed by atoms with E-state index in [0.717, 1.165) is 19.3 Å². The molecule has 2 aromatic rings. The molecule has 0 aliphatic carbocycles. The third kappa shape index (κ3) is 6.66. The molecule has 2 aromatic carbocycles. The Bertz CT molecular complexity index is 858. The fourth-order valence-corrected chi connectivity index (χ4v) is 2.51. The normalized spacial score (nSPS) is 10.7. The molecule has 0 heterocycles. The van der Waals surface area contributed by atoms with Crippen molar-refractivity contribution in [3.8, 4) is 0 Å². The summed E-state index contributed by atoms with van der Waals surface area (Å²) in [4.78, 5) is 23.4. The van der Waals surface area contributed by atoms with Crippen LogP contribution < -0.4 is 16.1 Å². The fraction of sp³-hybridized carbons (Fsp3) is 0.250. The van der Waals surface area contributed by atoms with E-state index in [-0.39, 0.29) is 5.69 Å². The Kier molecular flexibility index (Phi) is 8.42. The molecule has 148 valence electrons. The first-order chi connectivity index (χ1) is 13.5. The van der Waals surface area contributed by atoms with Crippen molar-refractivity contribution in [2.45, 2.75) is 26.2 Å². The highest BCUT2D eigenvalue weighted by Crippen LogP contribution is 2.24. The molecular weight excluding hydrogens is 383 g/mol. The number of nitrogens with zero attached hydrogens (tertiary/aromatic N) is 1. The van der Waals surface area contributed by atoms with Gasteiger partial charge in [-0.3, -0.25) is 9.59 Å². The predicted octanol–water partition coefficient (Wildman–Crippen LogP) is 3.98. The molecule has 0 radical (unpaired) electrons. The first-order valence-corrected chi connectivity index (χ1v) is 9.31. The summed E-state index contributed by atoms with van der Waals surface area (Å²) in [6.45, 7) is 2.49. The monoisotopic (exact) mass is 404 g/mol. The van der Waals surface area contributed by atoms with Crippen molar-refractivity contribution in [2.24, 2.45) is 5.10 Å². The maximum Gasteiger partial charge on any atom is 0.329 e. The van der Waals surface area contributed by atoms with Gasteiger partial charge >= 0.3 is 11.8 Å². The minimum atomic E-state index is -0.863. The van der Waals surface area contributed by atoms with Crippen molar-refractivity contribution in [1.29, 1.82) is 0 Å². The van der Waals surface area contributed by atoms with E-state index in [1.165, 1.54) is 12.3 Å². The lowest BCUT2D eigenvalue weighted by Crippen LogP contribution is -2.38. The summed E-state index contributed by atoms with van der Waals surface area (Å²) < 4.78 is 13.9. The van der Waals surface area contributed by atoms with Crippen LogP contribution in [-0.4, -0.2) is 24.6 Å². The number of hydrogen-bond acceptors (Lipinski definition) is 4. The molecule has 6 nitrogen and oxygen atoms in total. The van der Waals surface area contributed by atoms with E-state index < -0.39 is 17.6 Å². The van der Waals surface area contributed by atoms with Crippen LogP contribution in [-0.2, 0) is 9.59 Å². The van der Waals surface area contributed by atoms with Crippen LogP contribution >= 0.6 is 11.6 Å². The van der Waals surface area contributed by atoms with Crippen molar-refractivity contribution in [3.05, 3.63) is 58.9 Å². The molecular formula is C20H22ClFN4O2. The molecule has 0 spiro atoms. The number of hydrazone groups is 1. The summed E-state index contributed by atoms with van der Waals surface area (Å²) in [5, 5.41) is 9.72. The molecule has 0 aromatic heterocycles. The van der Waals surface area contributed by atoms with Gasteiger partial charge in [0.2, 0.25) is 0 Å². The SMILES string of the molecule is CCCCCNC(=O)C(=O)N/N=C\c1cc(Cl)ccc1Nc1ccccc1F. The number of carbonyl (C=O) groups excluding carboxylic acids is 2. The lowest BCUT2D eigenvalue weighted by molar-refractivity contribution is -0.139. The summed E-state index contributed by atoms with van der Waals surface area (Å²) in [6.07, 6.45) is 4.14. The Hall–Kier alpha value is -2.93. The zero-order valence-electron chi connectivity index (χ0n) is 15.5. The Labute approximate surface area is 168 Å². The molecule has 0 saturated heterocycles. The summed E-state index contributed by atoms with van der Waals surface area (Å²) in [5.41, 5.74) is 3.51. The quantitative estimate of drug-likeness (QED) is 0.269. The molecule has 28 heavy (non-hydrogen) atoms. The summed E-state index contributed by atoms with van der Waals surface area (Å²) in [7, 11) is 0. The molecule has 8 heteroatoms. The fourth-order valence-electron chi connectivity index (χ4n) is 2.33. The van der Waals surface area contributed by atoms with Gasteiger partial charge in [0.05, 0.1) is 11.9 Å². The highest BCUT2D eigenvalue weighted by molar-refractivity contribution is 6.35. The summed E-state index contributed by atoms with van der Waals surface area (Å²) in [6, 6.07) is 11.1. The van der Waals surface area contributed by atoms with Gasteiger partial charge in [-0.2, -0.15) is 5.10 Å². The van der Waals surface area contributed by atoms with Crippen molar-refractivity contribution < 1.29 is 14.0 Å². The standard InChI is InChI=1S/C20H22ClFN4O2/c1-2-3-6-11-23-19(27)20(28)26-24-13-14-12-15(21)9-10-17(14)25-18-8-5-4-7-16(18)22/h4-5,7-10,12-13,25H,2-3,6,11H2,1H3,(H,23,27)(H,26,28)/b24-13-. The Morgan fingerprint density at radius 3 is 2.64 bits per heavy atom. The van der Waals surface area contributed by atoms with Crippen LogP contribution in [0.15, 0.2) is 47.6 Å². The van der Waals surface area contributed by atoms with Crippen molar-refractivity contribution >= 4 is 41.0 Å². The molecule has 0 aliphatic heterocycles. The van der Waals surface area contributed by atoms with E-state index >= 15 is 0 Å². The topological polar surface area (TPSA) is 82.6 Å². The number of unbranched alkanes of at least 4 members (excludes halogenated alkanes) is 2. The van der Waals surface area contributed by atoms with Crippen LogP contribution in [0.1, 0.15) is 31.7 Å². The molecule has 2 rings (SSSR count). The van der Waals surface area contributed by atoms with Gasteiger partial charge < -0.3 is 10.6 Å². The lowest BCUT2D eigenvalue weighted by Gasteiger charge is -2.10. The smallest absolute Gasteiger partial charge is 0.329 e. The van der Waals surface area contributed by atoms with Gasteiger partial charge in [-0.1, -0.05) is 43.5 Å². The third-order valence-corrected chi connectivity index (χ3v) is 4.03. The van der Waals surface area contributed by atoms with Gasteiger partial charge in [-0.25, -0.2) is 9.82 Å². The van der Waals surface area contributed by atoms with Crippen LogP contribution in [0.2, 0.25) is 5.02 Å². The van der Waals surface area contributed by atoms with Crippen molar-refractivity contribution in [2.75, 3.05) is 11.9 Å². The van der Waals surface area contributed by atoms with Gasteiger partial charge in [0.15, 0.2) is 0 Å². The van der Waals surface area contributed by atoms with Crippen LogP contribution in [0, 0.1) is 5.82 Å². The first kappa shape index (κ1) is 21.4. The average Bonchev–Trinajstić information content (AvgIpc) is 2.68. The van der Waals surface area contributed by atoms with Gasteiger partial charge in [0.25, 0.3) is 0 Å². The number of rotatable bonds is 8. The van der Waals surface area contributed by atoms with Crippen LogP contribution in [0.4, 0.5) is 15.8 Å². The second kappa shape index (κ2) is 11.0. The van der Waals surface area contributed by atoms with E-state index in [1.54, 1.807) is 36.4 Å². The van der Waals surface area contributed by atoms with Gasteiger partial charge in [-0.15, -0.1) is 0 Å². The molecule has 3 N–H and O–H groups in total. The maximum absolute atomic E-state index is 13.9. The molecule has 0 bridgehead atoms. The summed E-state index contributed by atoms with van der Waals surface area (Å²) in [5.74, 6) is -2.02. The van der Waals surface area contributed by atoms with E-state index in [4.69, 9.17) is 11.6 Å². The largest absolute Gasteiger partial charge is 0.353 e. The highest BCUT2D eigenvalue weighted by Gasteiger charge is 2.11. The minimum Gasteiger partial charge on any atom is -0.353 e. The molecule has 0 unspecified atom stereocenters. The number of halogens is 2. The number of para-hydroxylation sites is 1. The zero-order valence-corrected chi connectivity index (χ0v) is 16.2. The second-order valence-corrected chi connectivity index (χ2v) is 6.43. The number of nitrogens with one attached hydrogen (secondary N) is 3. The number of amides is 2. The van der Waals surface area contributed by atoms with E-state index in [9.17, 15) is 14.0 Å². The van der Waals surface area contributed by atoms with E-state index in [2.05, 4.69) is 21.2 Å².